The van der Waals surface area contributed by atoms with Crippen molar-refractivity contribution in [3.8, 4) is 11.5 Å². The number of hydrazone groups is 1. The second-order valence-electron chi connectivity index (χ2n) is 7.85. The number of nitrogens with one attached hydrogen (secondary N) is 2. The summed E-state index contributed by atoms with van der Waals surface area (Å²) in [5.74, 6) is -0.108. The van der Waals surface area contributed by atoms with E-state index < -0.39 is 22.5 Å². The Balaban J connectivity index is 1.80. The molecule has 0 atom stereocenters. The lowest BCUT2D eigenvalue weighted by Gasteiger charge is -2.24. The molecule has 9 nitrogen and oxygen atoms in total. The maximum atomic E-state index is 13.5. The fourth-order valence-electron chi connectivity index (χ4n) is 3.33. The van der Waals surface area contributed by atoms with E-state index in [9.17, 15) is 18.3 Å². The number of anilines is 2. The van der Waals surface area contributed by atoms with Gasteiger partial charge in [0.2, 0.25) is 0 Å². The molecule has 0 aliphatic carbocycles. The molecule has 0 aliphatic heterocycles. The highest BCUT2D eigenvalue weighted by atomic mass is 32.2. The summed E-state index contributed by atoms with van der Waals surface area (Å²) in [5.41, 5.74) is 4.78. The summed E-state index contributed by atoms with van der Waals surface area (Å²) in [6, 6.07) is 17.8. The molecule has 0 unspecified atom stereocenters. The SMILES string of the molecule is CCNc1ccc(/C=N\NC(=O)CN(c2ccc(C)cc2)S(=O)(=O)c2ccc(OCC)cc2)c(O)c1. The molecule has 36 heavy (non-hydrogen) atoms. The molecule has 1 amide bonds. The molecule has 0 aromatic heterocycles. The Bertz CT molecular complexity index is 1310. The van der Waals surface area contributed by atoms with E-state index >= 15 is 0 Å². The van der Waals surface area contributed by atoms with E-state index in [2.05, 4.69) is 15.8 Å². The summed E-state index contributed by atoms with van der Waals surface area (Å²) in [6.07, 6.45) is 1.29. The highest BCUT2D eigenvalue weighted by molar-refractivity contribution is 7.92. The van der Waals surface area contributed by atoms with E-state index in [0.717, 1.165) is 15.6 Å². The number of ether oxygens (including phenoxy) is 1. The number of hydrogen-bond donors (Lipinski definition) is 3. The summed E-state index contributed by atoms with van der Waals surface area (Å²) < 4.78 is 33.4. The lowest BCUT2D eigenvalue weighted by molar-refractivity contribution is -0.119. The van der Waals surface area contributed by atoms with Crippen molar-refractivity contribution in [2.24, 2.45) is 5.10 Å². The summed E-state index contributed by atoms with van der Waals surface area (Å²) in [7, 11) is -4.07. The van der Waals surface area contributed by atoms with Crippen molar-refractivity contribution in [3.63, 3.8) is 0 Å². The van der Waals surface area contributed by atoms with Crippen LogP contribution in [0.3, 0.4) is 0 Å². The Morgan fingerprint density at radius 3 is 2.36 bits per heavy atom. The van der Waals surface area contributed by atoms with Gasteiger partial charge in [-0.3, -0.25) is 9.10 Å². The van der Waals surface area contributed by atoms with Gasteiger partial charge in [-0.25, -0.2) is 13.8 Å². The van der Waals surface area contributed by atoms with Gasteiger partial charge in [-0.1, -0.05) is 17.7 Å². The highest BCUT2D eigenvalue weighted by Crippen LogP contribution is 2.25. The van der Waals surface area contributed by atoms with Crippen molar-refractivity contribution in [2.45, 2.75) is 25.7 Å². The summed E-state index contributed by atoms with van der Waals surface area (Å²) in [5, 5.41) is 17.1. The summed E-state index contributed by atoms with van der Waals surface area (Å²) in [4.78, 5) is 12.7. The molecular formula is C26H30N4O5S. The number of phenolic OH excluding ortho intramolecular Hbond substituents is 1. The van der Waals surface area contributed by atoms with Gasteiger partial charge in [0.1, 0.15) is 18.0 Å². The third-order valence-corrected chi connectivity index (χ3v) is 6.92. The van der Waals surface area contributed by atoms with Gasteiger partial charge in [0.25, 0.3) is 15.9 Å². The highest BCUT2D eigenvalue weighted by Gasteiger charge is 2.27. The van der Waals surface area contributed by atoms with Gasteiger partial charge < -0.3 is 15.2 Å². The maximum Gasteiger partial charge on any atom is 0.264 e. The third kappa shape index (κ3) is 6.76. The van der Waals surface area contributed by atoms with Crippen molar-refractivity contribution < 1.29 is 23.1 Å². The van der Waals surface area contributed by atoms with Crippen molar-refractivity contribution in [1.82, 2.24) is 5.43 Å². The molecule has 0 saturated heterocycles. The van der Waals surface area contributed by atoms with Crippen LogP contribution in [0.5, 0.6) is 11.5 Å². The Hall–Kier alpha value is -4.05. The van der Waals surface area contributed by atoms with Crippen LogP contribution < -0.4 is 19.8 Å². The average molecular weight is 511 g/mol. The third-order valence-electron chi connectivity index (χ3n) is 5.14. The number of hydrogen-bond acceptors (Lipinski definition) is 7. The number of sulfonamides is 1. The van der Waals surface area contributed by atoms with Crippen LogP contribution in [-0.2, 0) is 14.8 Å². The first-order valence-electron chi connectivity index (χ1n) is 11.5. The molecule has 0 saturated carbocycles. The molecule has 0 fully saturated rings. The van der Waals surface area contributed by atoms with Crippen LogP contribution in [-0.4, -0.2) is 45.3 Å². The smallest absolute Gasteiger partial charge is 0.264 e. The van der Waals surface area contributed by atoms with Crippen LogP contribution in [0.4, 0.5) is 11.4 Å². The predicted molar refractivity (Wildman–Crippen MR) is 141 cm³/mol. The van der Waals surface area contributed by atoms with Crippen LogP contribution in [0.25, 0.3) is 0 Å². The van der Waals surface area contributed by atoms with E-state index in [4.69, 9.17) is 4.74 Å². The number of nitrogens with zero attached hydrogens (tertiary/aromatic N) is 2. The Labute approximate surface area is 211 Å². The van der Waals surface area contributed by atoms with Crippen LogP contribution >= 0.6 is 0 Å². The van der Waals surface area contributed by atoms with Crippen LogP contribution in [0.15, 0.2) is 76.7 Å². The van der Waals surface area contributed by atoms with Gasteiger partial charge >= 0.3 is 0 Å². The molecule has 3 aromatic carbocycles. The molecule has 0 bridgehead atoms. The summed E-state index contributed by atoms with van der Waals surface area (Å²) >= 11 is 0. The Morgan fingerprint density at radius 1 is 1.06 bits per heavy atom. The van der Waals surface area contributed by atoms with Gasteiger partial charge in [-0.15, -0.1) is 0 Å². The van der Waals surface area contributed by atoms with E-state index in [-0.39, 0.29) is 10.6 Å². The minimum atomic E-state index is -4.07. The molecule has 0 spiro atoms. The number of rotatable bonds is 11. The number of carbonyl (C=O) groups excluding carboxylic acids is 1. The van der Waals surface area contributed by atoms with Crippen molar-refractivity contribution in [3.05, 3.63) is 77.9 Å². The maximum absolute atomic E-state index is 13.5. The monoisotopic (exact) mass is 510 g/mol. The average Bonchev–Trinajstić information content (AvgIpc) is 2.85. The molecule has 0 heterocycles. The van der Waals surface area contributed by atoms with Crippen molar-refractivity contribution >= 4 is 33.5 Å². The van der Waals surface area contributed by atoms with Gasteiger partial charge in [0.05, 0.1) is 23.4 Å². The van der Waals surface area contributed by atoms with Gasteiger partial charge in [-0.05, 0) is 69.3 Å². The minimum absolute atomic E-state index is 0.00851. The molecule has 3 aromatic rings. The van der Waals surface area contributed by atoms with Gasteiger partial charge in [0, 0.05) is 23.9 Å². The number of aryl methyl sites for hydroxylation is 1. The Morgan fingerprint density at radius 2 is 1.75 bits per heavy atom. The minimum Gasteiger partial charge on any atom is -0.507 e. The second kappa shape index (κ2) is 12.1. The van der Waals surface area contributed by atoms with Gasteiger partial charge in [-0.2, -0.15) is 5.10 Å². The first kappa shape index (κ1) is 26.6. The number of carbonyl (C=O) groups is 1. The second-order valence-corrected chi connectivity index (χ2v) is 9.71. The number of phenols is 1. The van der Waals surface area contributed by atoms with Crippen molar-refractivity contribution in [2.75, 3.05) is 29.3 Å². The molecule has 3 rings (SSSR count). The Kier molecular flexibility index (Phi) is 8.91. The predicted octanol–water partition coefficient (Wildman–Crippen LogP) is 3.88. The molecule has 190 valence electrons. The molecule has 0 aliphatic rings. The lowest BCUT2D eigenvalue weighted by Crippen LogP contribution is -2.39. The largest absolute Gasteiger partial charge is 0.507 e. The number of amides is 1. The zero-order valence-corrected chi connectivity index (χ0v) is 21.2. The van der Waals surface area contributed by atoms with E-state index in [1.165, 1.54) is 18.3 Å². The van der Waals surface area contributed by atoms with Crippen LogP contribution in [0, 0.1) is 6.92 Å². The van der Waals surface area contributed by atoms with Crippen LogP contribution in [0.2, 0.25) is 0 Å². The van der Waals surface area contributed by atoms with E-state index in [1.807, 2.05) is 20.8 Å². The lowest BCUT2D eigenvalue weighted by atomic mass is 10.2. The van der Waals surface area contributed by atoms with Gasteiger partial charge in [0.15, 0.2) is 0 Å². The molecule has 3 N–H and O–H groups in total. The van der Waals surface area contributed by atoms with Crippen molar-refractivity contribution in [1.29, 1.82) is 0 Å². The van der Waals surface area contributed by atoms with E-state index in [1.54, 1.807) is 54.6 Å². The molecule has 0 radical (unpaired) electrons. The topological polar surface area (TPSA) is 120 Å². The quantitative estimate of drug-likeness (QED) is 0.266. The summed E-state index contributed by atoms with van der Waals surface area (Å²) in [6.45, 7) is 6.33. The number of aromatic hydroxyl groups is 1. The van der Waals surface area contributed by atoms with E-state index in [0.29, 0.717) is 30.2 Å². The zero-order chi connectivity index (χ0) is 26.1. The molecule has 10 heteroatoms. The zero-order valence-electron chi connectivity index (χ0n) is 20.4. The fraction of sp³-hybridized carbons (Fsp3) is 0.231. The van der Waals surface area contributed by atoms with Crippen LogP contribution in [0.1, 0.15) is 25.0 Å². The fourth-order valence-corrected chi connectivity index (χ4v) is 4.76. The first-order valence-corrected chi connectivity index (χ1v) is 12.9. The molecular weight excluding hydrogens is 480 g/mol. The number of benzene rings is 3. The normalized spacial score (nSPS) is 11.3. The first-order chi connectivity index (χ1) is 17.2. The standard InChI is InChI=1S/C26H30N4O5S/c1-4-27-21-9-8-20(25(31)16-21)17-28-29-26(32)18-30(22-10-6-19(3)7-11-22)36(33,34)24-14-12-23(13-15-24)35-5-2/h6-17,27,31H,4-5,18H2,1-3H3,(H,29,32)/b28-17-.